The summed E-state index contributed by atoms with van der Waals surface area (Å²) >= 11 is 4.08. The van der Waals surface area contributed by atoms with Crippen LogP contribution in [0.15, 0.2) is 0 Å². The molecule has 0 bridgehead atoms. The van der Waals surface area contributed by atoms with Gasteiger partial charge >= 0.3 is 0 Å². The van der Waals surface area contributed by atoms with Gasteiger partial charge in [-0.25, -0.2) is 0 Å². The number of unbranched alkanes of at least 4 members (excludes halogenated alkanes) is 2. The van der Waals surface area contributed by atoms with Gasteiger partial charge in [-0.15, -0.1) is 0 Å². The molecule has 0 aliphatic heterocycles. The van der Waals surface area contributed by atoms with Gasteiger partial charge in [-0.05, 0) is 18.6 Å². The molecule has 4 atom stereocenters. The van der Waals surface area contributed by atoms with Crippen molar-refractivity contribution in [1.29, 1.82) is 0 Å². The molecule has 0 spiro atoms. The third-order valence-corrected chi connectivity index (χ3v) is 2.75. The van der Waals surface area contributed by atoms with Crippen LogP contribution in [0.3, 0.4) is 0 Å². The maximum Gasteiger partial charge on any atom is 0.188 e. The van der Waals surface area contributed by atoms with Crippen molar-refractivity contribution in [2.24, 2.45) is 5.73 Å². The Balaban J connectivity index is 4.17. The van der Waals surface area contributed by atoms with Gasteiger partial charge in [0, 0.05) is 6.61 Å². The van der Waals surface area contributed by atoms with E-state index in [2.05, 4.69) is 12.6 Å². The molecule has 116 valence electrons. The summed E-state index contributed by atoms with van der Waals surface area (Å²) in [6, 6.07) is 0. The van der Waals surface area contributed by atoms with Crippen LogP contribution in [0.4, 0.5) is 0 Å². The monoisotopic (exact) mass is 299 g/mol. The second kappa shape index (κ2) is 11.9. The first-order valence-electron chi connectivity index (χ1n) is 6.28. The highest BCUT2D eigenvalue weighted by Gasteiger charge is 2.29. The van der Waals surface area contributed by atoms with Crippen molar-refractivity contribution < 1.29 is 29.9 Å². The summed E-state index contributed by atoms with van der Waals surface area (Å²) in [7, 11) is 0. The van der Waals surface area contributed by atoms with E-state index < -0.39 is 37.9 Å². The lowest BCUT2D eigenvalue weighted by atomic mass is 10.2. The predicted octanol–water partition coefficient (Wildman–Crippen LogP) is -1.56. The van der Waals surface area contributed by atoms with Gasteiger partial charge in [0.05, 0.1) is 13.2 Å². The van der Waals surface area contributed by atoms with E-state index in [1.807, 2.05) is 0 Å². The van der Waals surface area contributed by atoms with Crippen molar-refractivity contribution in [2.75, 3.05) is 25.6 Å². The minimum absolute atomic E-state index is 0.311. The minimum atomic E-state index is -1.44. The Bertz CT molecular complexity index is 212. The molecule has 6 N–H and O–H groups in total. The van der Waals surface area contributed by atoms with E-state index in [0.717, 1.165) is 25.0 Å². The van der Waals surface area contributed by atoms with Crippen molar-refractivity contribution in [3.63, 3.8) is 0 Å². The summed E-state index contributed by atoms with van der Waals surface area (Å²) in [6.07, 6.45) is -2.43. The second-order valence-electron chi connectivity index (χ2n) is 4.12. The van der Waals surface area contributed by atoms with Crippen LogP contribution in [0, 0.1) is 0 Å². The number of aliphatic hydroxyl groups is 4. The fourth-order valence-corrected chi connectivity index (χ4v) is 1.54. The average molecular weight is 299 g/mol. The SMILES string of the molecule is NC(CO)OC(OCCCCCS)C(O)[C@@H](O)CO. The summed E-state index contributed by atoms with van der Waals surface area (Å²) in [5.41, 5.74) is 5.39. The Hall–Kier alpha value is 0.0700. The fraction of sp³-hybridized carbons (Fsp3) is 1.00. The predicted molar refractivity (Wildman–Crippen MR) is 72.7 cm³/mol. The van der Waals surface area contributed by atoms with Crippen LogP contribution in [0.25, 0.3) is 0 Å². The maximum atomic E-state index is 9.72. The Morgan fingerprint density at radius 3 is 2.26 bits per heavy atom. The highest BCUT2D eigenvalue weighted by Crippen LogP contribution is 2.09. The molecule has 7 nitrogen and oxygen atoms in total. The molecule has 0 saturated carbocycles. The van der Waals surface area contributed by atoms with Crippen molar-refractivity contribution in [3.05, 3.63) is 0 Å². The number of ether oxygens (including phenoxy) is 2. The van der Waals surface area contributed by atoms with E-state index in [9.17, 15) is 10.2 Å². The van der Waals surface area contributed by atoms with E-state index in [1.54, 1.807) is 0 Å². The van der Waals surface area contributed by atoms with Crippen molar-refractivity contribution in [3.8, 4) is 0 Å². The highest BCUT2D eigenvalue weighted by atomic mass is 32.1. The number of hydrogen-bond donors (Lipinski definition) is 6. The van der Waals surface area contributed by atoms with Gasteiger partial charge in [0.25, 0.3) is 0 Å². The van der Waals surface area contributed by atoms with Crippen LogP contribution < -0.4 is 5.73 Å². The largest absolute Gasteiger partial charge is 0.394 e. The molecule has 19 heavy (non-hydrogen) atoms. The van der Waals surface area contributed by atoms with Crippen LogP contribution in [0.2, 0.25) is 0 Å². The second-order valence-corrected chi connectivity index (χ2v) is 4.57. The van der Waals surface area contributed by atoms with Gasteiger partial charge in [-0.2, -0.15) is 12.6 Å². The van der Waals surface area contributed by atoms with Crippen LogP contribution in [-0.2, 0) is 9.47 Å². The zero-order valence-corrected chi connectivity index (χ0v) is 11.8. The first-order chi connectivity index (χ1) is 9.06. The summed E-state index contributed by atoms with van der Waals surface area (Å²) in [6.45, 7) is -0.758. The van der Waals surface area contributed by atoms with E-state index in [4.69, 9.17) is 25.4 Å². The zero-order chi connectivity index (χ0) is 14.7. The van der Waals surface area contributed by atoms with Crippen molar-refractivity contribution in [1.82, 2.24) is 0 Å². The molecule has 8 heteroatoms. The molecule has 0 fully saturated rings. The molecule has 0 aromatic carbocycles. The van der Waals surface area contributed by atoms with Gasteiger partial charge in [0.2, 0.25) is 0 Å². The first kappa shape index (κ1) is 19.1. The van der Waals surface area contributed by atoms with Crippen LogP contribution >= 0.6 is 12.6 Å². The van der Waals surface area contributed by atoms with Gasteiger partial charge < -0.3 is 35.6 Å². The molecule has 0 heterocycles. The molecule has 0 aliphatic carbocycles. The molecule has 0 aromatic heterocycles. The quantitative estimate of drug-likeness (QED) is 0.146. The van der Waals surface area contributed by atoms with Gasteiger partial charge in [-0.3, -0.25) is 0 Å². The zero-order valence-electron chi connectivity index (χ0n) is 10.9. The number of thiol groups is 1. The standard InChI is InChI=1S/C11H25NO6S/c12-9(7-14)18-11(10(16)8(15)6-13)17-4-2-1-3-5-19/h8-11,13-16,19H,1-7,12H2/t8-,9?,10?,11?/m0/s1. The lowest BCUT2D eigenvalue weighted by Gasteiger charge is -2.28. The average Bonchev–Trinajstić information content (AvgIpc) is 2.43. The lowest BCUT2D eigenvalue weighted by molar-refractivity contribution is -0.240. The van der Waals surface area contributed by atoms with Crippen molar-refractivity contribution in [2.45, 2.75) is 44.0 Å². The number of nitrogens with two attached hydrogens (primary N) is 1. The van der Waals surface area contributed by atoms with Crippen LogP contribution in [0.1, 0.15) is 19.3 Å². The lowest BCUT2D eigenvalue weighted by Crippen LogP contribution is -2.46. The minimum Gasteiger partial charge on any atom is -0.394 e. The number of aliphatic hydroxyl groups excluding tert-OH is 4. The molecular formula is C11H25NO6S. The Morgan fingerprint density at radius 2 is 1.74 bits per heavy atom. The number of hydrogen-bond acceptors (Lipinski definition) is 8. The Morgan fingerprint density at radius 1 is 1.05 bits per heavy atom. The topological polar surface area (TPSA) is 125 Å². The fourth-order valence-electron chi connectivity index (χ4n) is 1.31. The smallest absolute Gasteiger partial charge is 0.188 e. The summed E-state index contributed by atoms with van der Waals surface area (Å²) in [4.78, 5) is 0. The summed E-state index contributed by atoms with van der Waals surface area (Å²) in [5.74, 6) is 0.793. The molecule has 3 unspecified atom stereocenters. The van der Waals surface area contributed by atoms with Crippen LogP contribution in [0.5, 0.6) is 0 Å². The molecule has 0 aliphatic rings. The molecule has 0 rings (SSSR count). The van der Waals surface area contributed by atoms with Gasteiger partial charge in [-0.1, -0.05) is 6.42 Å². The normalized spacial score (nSPS) is 18.0. The summed E-state index contributed by atoms with van der Waals surface area (Å²) in [5, 5.41) is 36.6. The number of rotatable bonds is 12. The summed E-state index contributed by atoms with van der Waals surface area (Å²) < 4.78 is 10.3. The first-order valence-corrected chi connectivity index (χ1v) is 6.91. The maximum absolute atomic E-state index is 9.72. The van der Waals surface area contributed by atoms with E-state index in [-0.39, 0.29) is 0 Å². The van der Waals surface area contributed by atoms with Crippen LogP contribution in [-0.4, -0.2) is 70.7 Å². The Kier molecular flexibility index (Phi) is 11.9. The van der Waals surface area contributed by atoms with E-state index >= 15 is 0 Å². The van der Waals surface area contributed by atoms with E-state index in [0.29, 0.717) is 6.61 Å². The third kappa shape index (κ3) is 8.77. The third-order valence-electron chi connectivity index (χ3n) is 2.43. The molecule has 0 saturated heterocycles. The molecule has 0 aromatic rings. The molecule has 0 amide bonds. The van der Waals surface area contributed by atoms with Gasteiger partial charge in [0.15, 0.2) is 6.29 Å². The highest BCUT2D eigenvalue weighted by molar-refractivity contribution is 7.80. The van der Waals surface area contributed by atoms with Crippen molar-refractivity contribution >= 4 is 12.6 Å². The van der Waals surface area contributed by atoms with E-state index in [1.165, 1.54) is 0 Å². The Labute approximate surface area is 118 Å². The molecular weight excluding hydrogens is 274 g/mol. The molecule has 0 radical (unpaired) electrons. The van der Waals surface area contributed by atoms with Gasteiger partial charge in [0.1, 0.15) is 18.4 Å².